The van der Waals surface area contributed by atoms with Crippen LogP contribution in [0.4, 0.5) is 0 Å². The molecule has 0 saturated carbocycles. The molecular weight excluding hydrogens is 286 g/mol. The third-order valence-electron chi connectivity index (χ3n) is 2.62. The molecule has 2 rings (SSSR count). The highest BCUT2D eigenvalue weighted by atomic mass is 32.1. The minimum Gasteiger partial charge on any atom is -0.359 e. The van der Waals surface area contributed by atoms with Gasteiger partial charge >= 0.3 is 0 Å². The standard InChI is InChI=1S/C13H17N7S/c1-9(2)15-13(21)17-16-10(3)11-5-4-6-12(7-11)20-8-14-18-19-20/h4-9H,1-3H3,(H2,15,17,21)/b16-10+. The molecular formula is C13H17N7S. The molecule has 0 radical (unpaired) electrons. The van der Waals surface area contributed by atoms with Gasteiger partial charge in [0.05, 0.1) is 11.4 Å². The molecule has 2 aromatic rings. The maximum absolute atomic E-state index is 5.13. The zero-order valence-electron chi connectivity index (χ0n) is 12.1. The van der Waals surface area contributed by atoms with Gasteiger partial charge in [0.2, 0.25) is 0 Å². The average molecular weight is 303 g/mol. The van der Waals surface area contributed by atoms with Gasteiger partial charge in [-0.3, -0.25) is 5.43 Å². The number of rotatable bonds is 4. The van der Waals surface area contributed by atoms with Crippen LogP contribution in [0.1, 0.15) is 26.3 Å². The maximum Gasteiger partial charge on any atom is 0.187 e. The molecule has 0 fully saturated rings. The van der Waals surface area contributed by atoms with Crippen molar-refractivity contribution >= 4 is 23.0 Å². The Balaban J connectivity index is 2.10. The van der Waals surface area contributed by atoms with Crippen molar-refractivity contribution in [1.82, 2.24) is 30.9 Å². The Hall–Kier alpha value is -2.35. The first-order valence-corrected chi connectivity index (χ1v) is 6.91. The van der Waals surface area contributed by atoms with Crippen LogP contribution in [0.2, 0.25) is 0 Å². The monoisotopic (exact) mass is 303 g/mol. The molecule has 8 heteroatoms. The first kappa shape index (κ1) is 15.0. The Morgan fingerprint density at radius 3 is 2.86 bits per heavy atom. The molecule has 110 valence electrons. The lowest BCUT2D eigenvalue weighted by molar-refractivity contribution is 0.719. The molecule has 0 bridgehead atoms. The Kier molecular flexibility index (Phi) is 4.94. The predicted octanol–water partition coefficient (Wildman–Crippen LogP) is 1.26. The molecule has 0 aliphatic rings. The minimum atomic E-state index is 0.267. The number of hydrogen-bond donors (Lipinski definition) is 2. The summed E-state index contributed by atoms with van der Waals surface area (Å²) in [6, 6.07) is 8.04. The lowest BCUT2D eigenvalue weighted by Crippen LogP contribution is -2.37. The van der Waals surface area contributed by atoms with Crippen molar-refractivity contribution in [3.05, 3.63) is 36.2 Å². The van der Waals surface area contributed by atoms with Gasteiger partial charge in [0.1, 0.15) is 6.33 Å². The van der Waals surface area contributed by atoms with Crippen molar-refractivity contribution in [3.63, 3.8) is 0 Å². The number of hydrogen-bond acceptors (Lipinski definition) is 5. The van der Waals surface area contributed by atoms with Gasteiger partial charge in [0.15, 0.2) is 5.11 Å². The van der Waals surface area contributed by atoms with Crippen LogP contribution in [0.15, 0.2) is 35.7 Å². The van der Waals surface area contributed by atoms with Crippen LogP contribution < -0.4 is 10.7 Å². The molecule has 7 nitrogen and oxygen atoms in total. The molecule has 2 N–H and O–H groups in total. The quantitative estimate of drug-likeness (QED) is 0.503. The smallest absolute Gasteiger partial charge is 0.187 e. The van der Waals surface area contributed by atoms with E-state index in [-0.39, 0.29) is 6.04 Å². The van der Waals surface area contributed by atoms with Crippen molar-refractivity contribution < 1.29 is 0 Å². The van der Waals surface area contributed by atoms with E-state index < -0.39 is 0 Å². The zero-order chi connectivity index (χ0) is 15.2. The number of benzene rings is 1. The molecule has 0 aliphatic heterocycles. The molecule has 0 unspecified atom stereocenters. The van der Waals surface area contributed by atoms with Gasteiger partial charge < -0.3 is 5.32 Å². The second-order valence-corrected chi connectivity index (χ2v) is 5.15. The molecule has 0 spiro atoms. The van der Waals surface area contributed by atoms with E-state index in [1.165, 1.54) is 0 Å². The van der Waals surface area contributed by atoms with E-state index in [0.29, 0.717) is 5.11 Å². The number of aromatic nitrogens is 4. The van der Waals surface area contributed by atoms with Gasteiger partial charge in [-0.1, -0.05) is 12.1 Å². The zero-order valence-corrected chi connectivity index (χ0v) is 12.9. The summed E-state index contributed by atoms with van der Waals surface area (Å²) in [4.78, 5) is 0. The Morgan fingerprint density at radius 1 is 1.38 bits per heavy atom. The van der Waals surface area contributed by atoms with Crippen LogP contribution in [-0.4, -0.2) is 37.1 Å². The largest absolute Gasteiger partial charge is 0.359 e. The van der Waals surface area contributed by atoms with E-state index in [0.717, 1.165) is 17.0 Å². The minimum absolute atomic E-state index is 0.267. The summed E-state index contributed by atoms with van der Waals surface area (Å²) in [5.41, 5.74) is 5.48. The lowest BCUT2D eigenvalue weighted by Gasteiger charge is -2.10. The molecule has 21 heavy (non-hydrogen) atoms. The SMILES string of the molecule is C/C(=N\NC(=S)NC(C)C)c1cccc(-n2cnnn2)c1. The normalized spacial score (nSPS) is 11.5. The second kappa shape index (κ2) is 6.89. The highest BCUT2D eigenvalue weighted by molar-refractivity contribution is 7.80. The molecule has 0 saturated heterocycles. The van der Waals surface area contributed by atoms with Crippen molar-refractivity contribution in [2.45, 2.75) is 26.8 Å². The summed E-state index contributed by atoms with van der Waals surface area (Å²) in [5.74, 6) is 0. The van der Waals surface area contributed by atoms with Crippen LogP contribution in [0.3, 0.4) is 0 Å². The maximum atomic E-state index is 5.13. The molecule has 0 amide bonds. The van der Waals surface area contributed by atoms with Crippen LogP contribution in [0.5, 0.6) is 0 Å². The molecule has 1 aromatic heterocycles. The summed E-state index contributed by atoms with van der Waals surface area (Å²) in [5, 5.41) is 19.0. The van der Waals surface area contributed by atoms with Crippen molar-refractivity contribution in [2.24, 2.45) is 5.10 Å². The fourth-order valence-electron chi connectivity index (χ4n) is 1.65. The fraction of sp³-hybridized carbons (Fsp3) is 0.308. The first-order valence-electron chi connectivity index (χ1n) is 6.51. The Labute approximate surface area is 128 Å². The van der Waals surface area contributed by atoms with Gasteiger partial charge in [0.25, 0.3) is 0 Å². The van der Waals surface area contributed by atoms with Crippen molar-refractivity contribution in [1.29, 1.82) is 0 Å². The molecule has 0 aliphatic carbocycles. The number of thiocarbonyl (C=S) groups is 1. The summed E-state index contributed by atoms with van der Waals surface area (Å²) in [6.07, 6.45) is 1.55. The summed E-state index contributed by atoms with van der Waals surface area (Å²) in [6.45, 7) is 5.93. The number of tetrazole rings is 1. The summed E-state index contributed by atoms with van der Waals surface area (Å²) < 4.78 is 1.59. The molecule has 0 atom stereocenters. The lowest BCUT2D eigenvalue weighted by atomic mass is 10.1. The van der Waals surface area contributed by atoms with E-state index in [1.807, 2.05) is 45.0 Å². The Morgan fingerprint density at radius 2 is 2.19 bits per heavy atom. The predicted molar refractivity (Wildman–Crippen MR) is 85.4 cm³/mol. The highest BCUT2D eigenvalue weighted by Crippen LogP contribution is 2.09. The van der Waals surface area contributed by atoms with Gasteiger partial charge in [-0.05, 0) is 61.1 Å². The molecule has 1 aromatic carbocycles. The third-order valence-corrected chi connectivity index (χ3v) is 2.83. The van der Waals surface area contributed by atoms with Crippen LogP contribution >= 0.6 is 12.2 Å². The first-order chi connectivity index (χ1) is 10.1. The topological polar surface area (TPSA) is 80.0 Å². The van der Waals surface area contributed by atoms with Gasteiger partial charge in [0, 0.05) is 6.04 Å². The van der Waals surface area contributed by atoms with Gasteiger partial charge in [-0.25, -0.2) is 4.68 Å². The second-order valence-electron chi connectivity index (χ2n) is 4.74. The van der Waals surface area contributed by atoms with E-state index in [9.17, 15) is 0 Å². The summed E-state index contributed by atoms with van der Waals surface area (Å²) >= 11 is 5.13. The van der Waals surface area contributed by atoms with Gasteiger partial charge in [-0.15, -0.1) is 5.10 Å². The molecule has 1 heterocycles. The Bertz CT molecular complexity index is 634. The van der Waals surface area contributed by atoms with E-state index in [1.54, 1.807) is 11.0 Å². The van der Waals surface area contributed by atoms with Gasteiger partial charge in [-0.2, -0.15) is 5.10 Å². The van der Waals surface area contributed by atoms with Crippen LogP contribution in [-0.2, 0) is 0 Å². The summed E-state index contributed by atoms with van der Waals surface area (Å²) in [7, 11) is 0. The van der Waals surface area contributed by atoms with Crippen LogP contribution in [0.25, 0.3) is 5.69 Å². The average Bonchev–Trinajstić information content (AvgIpc) is 2.98. The number of nitrogens with zero attached hydrogens (tertiary/aromatic N) is 5. The van der Waals surface area contributed by atoms with E-state index >= 15 is 0 Å². The van der Waals surface area contributed by atoms with Crippen molar-refractivity contribution in [3.8, 4) is 5.69 Å². The van der Waals surface area contributed by atoms with E-state index in [2.05, 4.69) is 31.4 Å². The fourth-order valence-corrected chi connectivity index (χ4v) is 1.93. The number of hydrazone groups is 1. The van der Waals surface area contributed by atoms with Crippen molar-refractivity contribution in [2.75, 3.05) is 0 Å². The number of nitrogens with one attached hydrogen (secondary N) is 2. The van der Waals surface area contributed by atoms with Crippen LogP contribution in [0, 0.1) is 0 Å². The third kappa shape index (κ3) is 4.32. The van der Waals surface area contributed by atoms with E-state index in [4.69, 9.17) is 12.2 Å². The highest BCUT2D eigenvalue weighted by Gasteiger charge is 2.03.